The summed E-state index contributed by atoms with van der Waals surface area (Å²) < 4.78 is 11.6. The summed E-state index contributed by atoms with van der Waals surface area (Å²) in [5.74, 6) is -0.929. The van der Waals surface area contributed by atoms with E-state index < -0.39 is 15.7 Å². The number of nitrogens with one attached hydrogen (secondary N) is 1. The van der Waals surface area contributed by atoms with E-state index in [1.165, 1.54) is 18.7 Å². The van der Waals surface area contributed by atoms with Crippen molar-refractivity contribution in [2.24, 2.45) is 0 Å². The first-order chi connectivity index (χ1) is 10.9. The summed E-state index contributed by atoms with van der Waals surface area (Å²) in [7, 11) is 0. The van der Waals surface area contributed by atoms with Crippen LogP contribution in [0.15, 0.2) is 24.3 Å². The van der Waals surface area contributed by atoms with Crippen LogP contribution in [-0.2, 0) is 13.3 Å². The Balaban J connectivity index is 2.48. The van der Waals surface area contributed by atoms with Crippen LogP contribution in [0.2, 0.25) is 0 Å². The van der Waals surface area contributed by atoms with Gasteiger partial charge in [-0.1, -0.05) is 0 Å². The van der Waals surface area contributed by atoms with Crippen molar-refractivity contribution in [3.63, 3.8) is 0 Å². The van der Waals surface area contributed by atoms with Crippen molar-refractivity contribution < 1.29 is 13.3 Å². The van der Waals surface area contributed by atoms with Gasteiger partial charge in [0.15, 0.2) is 0 Å². The average molecular weight is 376 g/mol. The molecule has 2 rings (SSSR count). The molecule has 0 unspecified atom stereocenters. The number of hydrogen-bond donors (Lipinski definition) is 2. The maximum absolute atomic E-state index is 12.0. The van der Waals surface area contributed by atoms with Crippen LogP contribution in [0, 0.1) is 0 Å². The van der Waals surface area contributed by atoms with Gasteiger partial charge in [0.25, 0.3) is 0 Å². The molecule has 0 bridgehead atoms. The molecule has 0 aliphatic rings. The van der Waals surface area contributed by atoms with Gasteiger partial charge in [-0.05, 0) is 0 Å². The van der Waals surface area contributed by atoms with E-state index in [0.29, 0.717) is 10.0 Å². The molecule has 23 heavy (non-hydrogen) atoms. The van der Waals surface area contributed by atoms with Crippen LogP contribution >= 0.6 is 0 Å². The van der Waals surface area contributed by atoms with Gasteiger partial charge in [0, 0.05) is 0 Å². The quantitative estimate of drug-likeness (QED) is 0.705. The third-order valence-electron chi connectivity index (χ3n) is 2.66. The Hall–Kier alpha value is -2.67. The molecular weight excluding hydrogens is 363 g/mol. The summed E-state index contributed by atoms with van der Waals surface area (Å²) in [6.45, 7) is 2.64. The molecule has 118 valence electrons. The molecule has 1 aromatic heterocycles. The Kier molecular flexibility index (Phi) is 5.12. The molecule has 0 aliphatic carbocycles. The van der Waals surface area contributed by atoms with Crippen LogP contribution in [0.1, 0.15) is 13.8 Å². The summed E-state index contributed by atoms with van der Waals surface area (Å²) in [6, 6.07) is 6.56. The monoisotopic (exact) mass is 376 g/mol. The zero-order chi connectivity index (χ0) is 17.0. The van der Waals surface area contributed by atoms with Gasteiger partial charge >= 0.3 is 138 Å². The number of hydrogen-bond acceptors (Lipinski definition) is 7. The number of anilines is 4. The number of rotatable bonds is 4. The summed E-state index contributed by atoms with van der Waals surface area (Å²) in [6.07, 6.45) is 0. The minimum absolute atomic E-state index is 0.0168. The average Bonchev–Trinajstić information content (AvgIpc) is 2.46. The number of carbonyl (C=O) groups is 2. The second-order valence-electron chi connectivity index (χ2n) is 4.46. The summed E-state index contributed by atoms with van der Waals surface area (Å²) in [5.41, 5.74) is 6.09. The van der Waals surface area contributed by atoms with E-state index in [1.807, 2.05) is 0 Å². The van der Waals surface area contributed by atoms with E-state index >= 15 is 0 Å². The van der Waals surface area contributed by atoms with Gasteiger partial charge < -0.3 is 0 Å². The van der Waals surface area contributed by atoms with E-state index in [1.54, 1.807) is 24.3 Å². The van der Waals surface area contributed by atoms with E-state index in [2.05, 4.69) is 20.3 Å². The predicted molar refractivity (Wildman–Crippen MR) is 83.9 cm³/mol. The fraction of sp³-hybridized carbons (Fsp3) is 0.154. The molecule has 0 saturated carbocycles. The topological polar surface area (TPSA) is 131 Å². The Labute approximate surface area is 138 Å². The Morgan fingerprint density at radius 1 is 1.13 bits per heavy atom. The predicted octanol–water partition coefficient (Wildman–Crippen LogP) is -0.228. The first-order valence-corrected chi connectivity index (χ1v) is 8.14. The van der Waals surface area contributed by atoms with E-state index in [-0.39, 0.29) is 29.7 Å². The van der Waals surface area contributed by atoms with Crippen LogP contribution in [0.3, 0.4) is 0 Å². The zero-order valence-corrected chi connectivity index (χ0v) is 14.2. The van der Waals surface area contributed by atoms with Crippen molar-refractivity contribution in [3.05, 3.63) is 24.3 Å². The molecule has 2 amide bonds. The Morgan fingerprint density at radius 3 is 2.30 bits per heavy atom. The molecule has 0 aliphatic heterocycles. The SMILES string of the molecule is CC(=O)Nc1nc(N)nc(N(C(C)=O)c2ccc([As]=O)cc2)n1. The van der Waals surface area contributed by atoms with E-state index in [9.17, 15) is 13.3 Å². The zero-order valence-electron chi connectivity index (χ0n) is 12.3. The van der Waals surface area contributed by atoms with Crippen molar-refractivity contribution in [3.8, 4) is 0 Å². The van der Waals surface area contributed by atoms with Crippen LogP contribution in [0.5, 0.6) is 0 Å². The van der Waals surface area contributed by atoms with Crippen LogP contribution in [0.4, 0.5) is 23.5 Å². The summed E-state index contributed by atoms with van der Waals surface area (Å²) in [4.78, 5) is 36.1. The Morgan fingerprint density at radius 2 is 1.78 bits per heavy atom. The number of nitrogens with zero attached hydrogens (tertiary/aromatic N) is 4. The standard InChI is InChI=1S/C13H13AsN6O3/c1-7(21)16-12-17-11(15)18-13(19-12)20(8(2)22)10-5-3-9(14-23)4-6-10/h3-6H,1-2H3,(H3,15,16,17,18,19,21). The third-order valence-corrected chi connectivity index (χ3v) is 3.72. The molecule has 2 aromatic rings. The Bertz CT molecular complexity index is 765. The molecule has 10 heteroatoms. The maximum atomic E-state index is 12.0. The molecule has 3 N–H and O–H groups in total. The van der Waals surface area contributed by atoms with Crippen LogP contribution in [0.25, 0.3) is 0 Å². The summed E-state index contributed by atoms with van der Waals surface area (Å²) >= 11 is -1.14. The molecule has 1 aromatic carbocycles. The van der Waals surface area contributed by atoms with Gasteiger partial charge in [0.05, 0.1) is 0 Å². The second-order valence-corrected chi connectivity index (χ2v) is 5.93. The molecule has 0 spiro atoms. The number of benzene rings is 1. The fourth-order valence-electron chi connectivity index (χ4n) is 1.79. The van der Waals surface area contributed by atoms with Crippen molar-refractivity contribution in [2.75, 3.05) is 16.0 Å². The van der Waals surface area contributed by atoms with Crippen LogP contribution in [-0.4, -0.2) is 42.5 Å². The van der Waals surface area contributed by atoms with Crippen molar-refractivity contribution >= 4 is 55.4 Å². The molecular formula is C13H13AsN6O3. The fourth-order valence-corrected chi connectivity index (χ4v) is 2.36. The first-order valence-electron chi connectivity index (χ1n) is 6.44. The second kappa shape index (κ2) is 7.06. The number of aromatic nitrogens is 3. The number of nitrogen functional groups attached to an aromatic ring is 1. The number of carbonyl (C=O) groups excluding carboxylic acids is 2. The van der Waals surface area contributed by atoms with Gasteiger partial charge in [-0.3, -0.25) is 0 Å². The normalized spacial score (nSPS) is 10.3. The van der Waals surface area contributed by atoms with Gasteiger partial charge in [-0.25, -0.2) is 0 Å². The third kappa shape index (κ3) is 4.17. The van der Waals surface area contributed by atoms with Gasteiger partial charge in [-0.15, -0.1) is 0 Å². The molecule has 1 heterocycles. The van der Waals surface area contributed by atoms with Gasteiger partial charge in [-0.2, -0.15) is 0 Å². The van der Waals surface area contributed by atoms with Crippen molar-refractivity contribution in [1.82, 2.24) is 15.0 Å². The van der Waals surface area contributed by atoms with Crippen molar-refractivity contribution in [2.45, 2.75) is 13.8 Å². The van der Waals surface area contributed by atoms with Crippen LogP contribution < -0.4 is 20.3 Å². The molecule has 9 nitrogen and oxygen atoms in total. The molecule has 0 saturated heterocycles. The number of amides is 2. The minimum atomic E-state index is -1.14. The van der Waals surface area contributed by atoms with Gasteiger partial charge in [0.2, 0.25) is 0 Å². The number of nitrogens with two attached hydrogens (primary N) is 1. The molecule has 0 atom stereocenters. The van der Waals surface area contributed by atoms with Crippen molar-refractivity contribution in [1.29, 1.82) is 0 Å². The van der Waals surface area contributed by atoms with Gasteiger partial charge in [0.1, 0.15) is 0 Å². The molecule has 0 radical (unpaired) electrons. The van der Waals surface area contributed by atoms with E-state index in [0.717, 1.165) is 0 Å². The molecule has 0 fully saturated rings. The van der Waals surface area contributed by atoms with E-state index in [4.69, 9.17) is 5.73 Å². The summed E-state index contributed by atoms with van der Waals surface area (Å²) in [5, 5.41) is 2.39. The first kappa shape index (κ1) is 16.7.